The minimum Gasteiger partial charge on any atom is -0.494 e. The van der Waals surface area contributed by atoms with Crippen LogP contribution in [0.3, 0.4) is 0 Å². The van der Waals surface area contributed by atoms with Crippen LogP contribution < -0.4 is 10.5 Å². The molecule has 1 fully saturated rings. The van der Waals surface area contributed by atoms with Gasteiger partial charge in [-0.3, -0.25) is 4.90 Å². The van der Waals surface area contributed by atoms with E-state index < -0.39 is 0 Å². The Labute approximate surface area is 110 Å². The van der Waals surface area contributed by atoms with E-state index in [1.807, 2.05) is 25.1 Å². The smallest absolute Gasteiger partial charge is 0.123 e. The van der Waals surface area contributed by atoms with Gasteiger partial charge in [-0.2, -0.15) is 0 Å². The summed E-state index contributed by atoms with van der Waals surface area (Å²) >= 11 is 0. The lowest BCUT2D eigenvalue weighted by Crippen LogP contribution is -2.30. The SMILES string of the molecule is CCOc1ccc(N)cc1CN(C)C(C)C1CC1. The summed E-state index contributed by atoms with van der Waals surface area (Å²) < 4.78 is 5.67. The summed E-state index contributed by atoms with van der Waals surface area (Å²) in [6.07, 6.45) is 2.75. The second-order valence-electron chi connectivity index (χ2n) is 5.29. The van der Waals surface area contributed by atoms with Gasteiger partial charge in [0, 0.05) is 23.8 Å². The van der Waals surface area contributed by atoms with Crippen LogP contribution in [0.25, 0.3) is 0 Å². The lowest BCUT2D eigenvalue weighted by atomic mass is 10.1. The third-order valence-electron chi connectivity index (χ3n) is 3.80. The van der Waals surface area contributed by atoms with Crippen molar-refractivity contribution >= 4 is 5.69 Å². The Morgan fingerprint density at radius 1 is 1.44 bits per heavy atom. The van der Waals surface area contributed by atoms with Gasteiger partial charge in [0.2, 0.25) is 0 Å². The summed E-state index contributed by atoms with van der Waals surface area (Å²) in [4.78, 5) is 2.40. The summed E-state index contributed by atoms with van der Waals surface area (Å²) in [5.41, 5.74) is 7.87. The van der Waals surface area contributed by atoms with Crippen molar-refractivity contribution in [3.63, 3.8) is 0 Å². The van der Waals surface area contributed by atoms with E-state index in [0.717, 1.165) is 23.9 Å². The average Bonchev–Trinajstić information content (AvgIpc) is 3.16. The van der Waals surface area contributed by atoms with Crippen LogP contribution in [0.4, 0.5) is 5.69 Å². The van der Waals surface area contributed by atoms with Gasteiger partial charge in [0.1, 0.15) is 5.75 Å². The predicted octanol–water partition coefficient (Wildman–Crippen LogP) is 2.90. The second kappa shape index (κ2) is 5.61. The topological polar surface area (TPSA) is 38.5 Å². The van der Waals surface area contributed by atoms with Crippen LogP contribution in [0.2, 0.25) is 0 Å². The average molecular weight is 248 g/mol. The van der Waals surface area contributed by atoms with E-state index in [0.29, 0.717) is 12.6 Å². The summed E-state index contributed by atoms with van der Waals surface area (Å²) in [6.45, 7) is 5.91. The molecule has 100 valence electrons. The minimum absolute atomic E-state index is 0.640. The molecule has 0 aliphatic heterocycles. The van der Waals surface area contributed by atoms with Crippen molar-refractivity contribution < 1.29 is 4.74 Å². The summed E-state index contributed by atoms with van der Waals surface area (Å²) in [7, 11) is 2.18. The molecule has 1 aliphatic rings. The van der Waals surface area contributed by atoms with Gasteiger partial charge in [-0.1, -0.05) is 0 Å². The van der Waals surface area contributed by atoms with Crippen LogP contribution in [0.15, 0.2) is 18.2 Å². The third kappa shape index (κ3) is 3.16. The summed E-state index contributed by atoms with van der Waals surface area (Å²) in [5, 5.41) is 0. The molecule has 0 aromatic heterocycles. The molecule has 18 heavy (non-hydrogen) atoms. The van der Waals surface area contributed by atoms with Crippen molar-refractivity contribution in [1.29, 1.82) is 0 Å². The van der Waals surface area contributed by atoms with Gasteiger partial charge in [0.05, 0.1) is 6.61 Å². The number of nitrogens with zero attached hydrogens (tertiary/aromatic N) is 1. The van der Waals surface area contributed by atoms with Crippen molar-refractivity contribution in [3.05, 3.63) is 23.8 Å². The quantitative estimate of drug-likeness (QED) is 0.787. The molecule has 2 rings (SSSR count). The van der Waals surface area contributed by atoms with E-state index in [1.165, 1.54) is 18.4 Å². The molecule has 3 heteroatoms. The molecule has 0 saturated heterocycles. The number of hydrogen-bond acceptors (Lipinski definition) is 3. The van der Waals surface area contributed by atoms with Gasteiger partial charge in [-0.25, -0.2) is 0 Å². The van der Waals surface area contributed by atoms with Crippen LogP contribution in [-0.2, 0) is 6.54 Å². The van der Waals surface area contributed by atoms with E-state index in [2.05, 4.69) is 18.9 Å². The van der Waals surface area contributed by atoms with Gasteiger partial charge in [0.25, 0.3) is 0 Å². The highest BCUT2D eigenvalue weighted by Crippen LogP contribution is 2.35. The van der Waals surface area contributed by atoms with Gasteiger partial charge < -0.3 is 10.5 Å². The molecule has 3 nitrogen and oxygen atoms in total. The number of nitrogens with two attached hydrogens (primary N) is 1. The monoisotopic (exact) mass is 248 g/mol. The van der Waals surface area contributed by atoms with E-state index >= 15 is 0 Å². The Hall–Kier alpha value is -1.22. The highest BCUT2D eigenvalue weighted by molar-refractivity contribution is 5.47. The molecule has 1 saturated carbocycles. The first-order valence-electron chi connectivity index (χ1n) is 6.83. The third-order valence-corrected chi connectivity index (χ3v) is 3.80. The van der Waals surface area contributed by atoms with Crippen molar-refractivity contribution in [1.82, 2.24) is 4.90 Å². The van der Waals surface area contributed by atoms with Crippen molar-refractivity contribution in [2.75, 3.05) is 19.4 Å². The minimum atomic E-state index is 0.640. The number of nitrogen functional groups attached to an aromatic ring is 1. The summed E-state index contributed by atoms with van der Waals surface area (Å²) in [6, 6.07) is 6.55. The van der Waals surface area contributed by atoms with E-state index in [9.17, 15) is 0 Å². The molecule has 0 bridgehead atoms. The number of hydrogen-bond donors (Lipinski definition) is 1. The first kappa shape index (κ1) is 13.2. The molecule has 1 aromatic rings. The van der Waals surface area contributed by atoms with E-state index in [4.69, 9.17) is 10.5 Å². The fraction of sp³-hybridized carbons (Fsp3) is 0.600. The molecular formula is C15H24N2O. The van der Waals surface area contributed by atoms with Crippen LogP contribution >= 0.6 is 0 Å². The van der Waals surface area contributed by atoms with Crippen LogP contribution in [0.5, 0.6) is 5.75 Å². The number of ether oxygens (including phenoxy) is 1. The van der Waals surface area contributed by atoms with E-state index in [1.54, 1.807) is 0 Å². The first-order chi connectivity index (χ1) is 8.61. The molecule has 1 aromatic carbocycles. The Morgan fingerprint density at radius 2 is 2.17 bits per heavy atom. The Morgan fingerprint density at radius 3 is 2.78 bits per heavy atom. The fourth-order valence-corrected chi connectivity index (χ4v) is 2.37. The number of anilines is 1. The molecule has 0 amide bonds. The lowest BCUT2D eigenvalue weighted by Gasteiger charge is -2.25. The molecule has 1 atom stereocenters. The zero-order valence-electron chi connectivity index (χ0n) is 11.6. The fourth-order valence-electron chi connectivity index (χ4n) is 2.37. The van der Waals surface area contributed by atoms with Crippen LogP contribution in [0, 0.1) is 5.92 Å². The maximum Gasteiger partial charge on any atom is 0.123 e. The first-order valence-corrected chi connectivity index (χ1v) is 6.83. The predicted molar refractivity (Wildman–Crippen MR) is 75.7 cm³/mol. The van der Waals surface area contributed by atoms with E-state index in [-0.39, 0.29) is 0 Å². The molecule has 0 heterocycles. The normalized spacial score (nSPS) is 16.9. The van der Waals surface area contributed by atoms with Gasteiger partial charge in [-0.15, -0.1) is 0 Å². The second-order valence-corrected chi connectivity index (χ2v) is 5.29. The molecule has 2 N–H and O–H groups in total. The number of rotatable bonds is 6. The molecule has 0 radical (unpaired) electrons. The molecule has 1 aliphatic carbocycles. The largest absolute Gasteiger partial charge is 0.494 e. The van der Waals surface area contributed by atoms with Gasteiger partial charge >= 0.3 is 0 Å². The Balaban J connectivity index is 2.08. The van der Waals surface area contributed by atoms with Gasteiger partial charge in [0.15, 0.2) is 0 Å². The highest BCUT2D eigenvalue weighted by Gasteiger charge is 2.30. The van der Waals surface area contributed by atoms with Crippen LogP contribution in [0.1, 0.15) is 32.3 Å². The van der Waals surface area contributed by atoms with Crippen molar-refractivity contribution in [3.8, 4) is 5.75 Å². The Bertz CT molecular complexity index is 401. The lowest BCUT2D eigenvalue weighted by molar-refractivity contribution is 0.222. The molecule has 1 unspecified atom stereocenters. The Kier molecular flexibility index (Phi) is 4.12. The van der Waals surface area contributed by atoms with Crippen molar-refractivity contribution in [2.24, 2.45) is 5.92 Å². The molecule has 0 spiro atoms. The van der Waals surface area contributed by atoms with Gasteiger partial charge in [-0.05, 0) is 57.9 Å². The maximum atomic E-state index is 5.87. The maximum absolute atomic E-state index is 5.87. The zero-order valence-corrected chi connectivity index (χ0v) is 11.6. The van der Waals surface area contributed by atoms with Crippen molar-refractivity contribution in [2.45, 2.75) is 39.3 Å². The zero-order chi connectivity index (χ0) is 13.1. The van der Waals surface area contributed by atoms with Crippen LogP contribution in [-0.4, -0.2) is 24.6 Å². The molecular weight excluding hydrogens is 224 g/mol. The highest BCUT2D eigenvalue weighted by atomic mass is 16.5. The summed E-state index contributed by atoms with van der Waals surface area (Å²) in [5.74, 6) is 1.84. The standard InChI is InChI=1S/C15H24N2O/c1-4-18-15-8-7-14(16)9-13(15)10-17(3)11(2)12-5-6-12/h7-9,11-12H,4-6,10,16H2,1-3H3. The number of benzene rings is 1.